The third kappa shape index (κ3) is 9.86. The summed E-state index contributed by atoms with van der Waals surface area (Å²) >= 11 is 0. The summed E-state index contributed by atoms with van der Waals surface area (Å²) in [7, 11) is 0. The minimum atomic E-state index is -0.286. The number of aromatic nitrogens is 1. The quantitative estimate of drug-likeness (QED) is 0.156. The molecule has 0 bridgehead atoms. The highest BCUT2D eigenvalue weighted by atomic mass is 16.3. The van der Waals surface area contributed by atoms with Gasteiger partial charge in [-0.05, 0) is 208 Å². The van der Waals surface area contributed by atoms with Crippen LogP contribution in [0, 0.1) is 0 Å². The second-order valence-electron chi connectivity index (χ2n) is 33.1. The molecule has 0 spiro atoms. The van der Waals surface area contributed by atoms with Gasteiger partial charge >= 0.3 is 0 Å². The summed E-state index contributed by atoms with van der Waals surface area (Å²) in [6, 6.07) is 89.8. The topological polar surface area (TPSA) is 37.7 Å². The lowest BCUT2D eigenvalue weighted by Crippen LogP contribution is -2.61. The number of benzene rings is 12. The Kier molecular flexibility index (Phi) is 13.5. The van der Waals surface area contributed by atoms with Gasteiger partial charge < -0.3 is 23.2 Å². The zero-order valence-electron chi connectivity index (χ0n) is 59.3. The summed E-state index contributed by atoms with van der Waals surface area (Å²) in [5.74, 6) is 0. The number of nitrogens with zero attached hydrogens (tertiary/aromatic N) is 3. The molecule has 0 saturated carbocycles. The van der Waals surface area contributed by atoms with Crippen molar-refractivity contribution in [3.63, 3.8) is 0 Å². The molecule has 5 heterocycles. The Bertz CT molecular complexity index is 5680. The van der Waals surface area contributed by atoms with Gasteiger partial charge in [0.15, 0.2) is 0 Å². The highest BCUT2D eigenvalue weighted by Crippen LogP contribution is 2.52. The van der Waals surface area contributed by atoms with Crippen molar-refractivity contribution in [1.82, 2.24) is 4.57 Å². The molecule has 0 saturated heterocycles. The molecule has 2 aliphatic heterocycles. The highest BCUT2D eigenvalue weighted by molar-refractivity contribution is 7.00. The number of hydrogen-bond acceptors (Lipinski definition) is 4. The van der Waals surface area contributed by atoms with Crippen LogP contribution in [-0.4, -0.2) is 11.3 Å². The van der Waals surface area contributed by atoms with E-state index in [2.05, 4.69) is 355 Å². The molecule has 17 rings (SSSR count). The molecule has 0 unspecified atom stereocenters. The first-order valence-electron chi connectivity index (χ1n) is 35.1. The van der Waals surface area contributed by atoms with E-state index >= 15 is 0 Å². The maximum atomic E-state index is 7.04. The molecule has 0 amide bonds. The van der Waals surface area contributed by atoms with E-state index in [-0.39, 0.29) is 33.8 Å². The predicted molar refractivity (Wildman–Crippen MR) is 419 cm³/mol. The van der Waals surface area contributed by atoms with Crippen molar-refractivity contribution >= 4 is 123 Å². The molecule has 0 atom stereocenters. The van der Waals surface area contributed by atoms with Crippen molar-refractivity contribution < 1.29 is 8.83 Å². The number of fused-ring (bicyclic) bond motifs is 13. The molecule has 6 heteroatoms. The molecule has 0 radical (unpaired) electrons. The fourth-order valence-corrected chi connectivity index (χ4v) is 15.8. The Morgan fingerprint density at radius 2 is 0.714 bits per heavy atom. The van der Waals surface area contributed by atoms with Crippen LogP contribution in [0.5, 0.6) is 0 Å². The highest BCUT2D eigenvalue weighted by Gasteiger charge is 2.46. The molecule has 5 nitrogen and oxygen atoms in total. The van der Waals surface area contributed by atoms with Crippen LogP contribution in [0.25, 0.3) is 105 Å². The minimum Gasteiger partial charge on any atom is -0.456 e. The van der Waals surface area contributed by atoms with E-state index < -0.39 is 0 Å². The molecule has 0 aliphatic carbocycles. The average molecular weight is 1270 g/mol. The Morgan fingerprint density at radius 1 is 0.265 bits per heavy atom. The van der Waals surface area contributed by atoms with E-state index in [0.29, 0.717) is 0 Å². The van der Waals surface area contributed by atoms with Crippen LogP contribution in [0.2, 0.25) is 0 Å². The van der Waals surface area contributed by atoms with Gasteiger partial charge in [0.25, 0.3) is 6.71 Å². The molecule has 482 valence electrons. The van der Waals surface area contributed by atoms with Gasteiger partial charge in [-0.25, -0.2) is 0 Å². The SMILES string of the molecule is CC(C)(C)c1cc(-c2ccc3c(c2)B2c4ccc(-n5c6ccc(C(C)(C)C)cc6c6cc(C(C)(C)C)ccc65)cc4N(c4cccc5oc6ccc(-c7ccccc7)cc6c45)c4cc(C(C)(C)C)cc(c42)N3c2cccc3oc4ccc(-c5ccccc5)cc4c23)cc(C(C)(C)C)c1. The number of furan rings is 2. The van der Waals surface area contributed by atoms with Crippen LogP contribution in [0.15, 0.2) is 245 Å². The molecule has 0 N–H and O–H groups in total. The molecular formula is C92H84BN3O2. The molecule has 12 aromatic carbocycles. The Labute approximate surface area is 577 Å². The van der Waals surface area contributed by atoms with Gasteiger partial charge in [-0.2, -0.15) is 0 Å². The average Bonchev–Trinajstić information content (AvgIpc) is 1.01. The third-order valence-electron chi connectivity index (χ3n) is 21.3. The third-order valence-corrected chi connectivity index (χ3v) is 21.3. The first kappa shape index (κ1) is 61.3. The molecule has 2 aliphatic rings. The zero-order valence-corrected chi connectivity index (χ0v) is 59.3. The molecular weight excluding hydrogens is 1190 g/mol. The fraction of sp³-hybridized carbons (Fsp3) is 0.217. The summed E-state index contributed by atoms with van der Waals surface area (Å²) < 4.78 is 16.6. The van der Waals surface area contributed by atoms with Gasteiger partial charge in [-0.3, -0.25) is 0 Å². The van der Waals surface area contributed by atoms with Crippen LogP contribution < -0.4 is 26.2 Å². The van der Waals surface area contributed by atoms with Crippen molar-refractivity contribution in [1.29, 1.82) is 0 Å². The van der Waals surface area contributed by atoms with Crippen molar-refractivity contribution in [3.8, 4) is 39.1 Å². The van der Waals surface area contributed by atoms with Crippen molar-refractivity contribution in [2.24, 2.45) is 0 Å². The summed E-state index contributed by atoms with van der Waals surface area (Å²) in [4.78, 5) is 5.24. The lowest BCUT2D eigenvalue weighted by molar-refractivity contribution is 0.569. The van der Waals surface area contributed by atoms with Crippen molar-refractivity contribution in [2.45, 2.75) is 131 Å². The molecule has 0 fully saturated rings. The number of hydrogen-bond donors (Lipinski definition) is 0. The Balaban J connectivity index is 1.01. The van der Waals surface area contributed by atoms with E-state index in [0.717, 1.165) is 106 Å². The maximum Gasteiger partial charge on any atom is 0.252 e. The number of rotatable bonds is 6. The van der Waals surface area contributed by atoms with Crippen LogP contribution in [0.1, 0.15) is 132 Å². The first-order valence-corrected chi connectivity index (χ1v) is 35.1. The van der Waals surface area contributed by atoms with Gasteiger partial charge in [0.1, 0.15) is 22.3 Å². The van der Waals surface area contributed by atoms with Gasteiger partial charge in [-0.15, -0.1) is 0 Å². The van der Waals surface area contributed by atoms with Gasteiger partial charge in [0.05, 0.1) is 33.2 Å². The van der Waals surface area contributed by atoms with Gasteiger partial charge in [0.2, 0.25) is 0 Å². The standard InChI is InChI=1S/C92H84BN3O2/c1-88(2,3)61-35-40-73-67(50-61)68-51-62(89(4,5)6)36-41-74(68)94(73)66-37-38-71-78(54-66)96(77-29-23-31-84-86(77)70-47-58(34-43-82(70)98-84)56-26-20-17-21-27-56)80-53-65(92(13,14)15)52-79-87(80)93(71)72-48-59(60-44-63(90(7,8)9)49-64(45-60)91(10,11)12)32-39-75(72)95(79)76-28-22-30-83-85(76)69-46-57(33-42-81(69)97-83)55-24-18-16-19-25-55/h16-54H,1-15H3. The molecule has 98 heavy (non-hydrogen) atoms. The molecule has 3 aromatic heterocycles. The Morgan fingerprint density at radius 3 is 1.19 bits per heavy atom. The lowest BCUT2D eigenvalue weighted by atomic mass is 9.33. The Hall–Kier alpha value is -10.3. The van der Waals surface area contributed by atoms with Crippen LogP contribution in [0.3, 0.4) is 0 Å². The van der Waals surface area contributed by atoms with Crippen LogP contribution in [0.4, 0.5) is 34.1 Å². The minimum absolute atomic E-state index is 0.0460. The summed E-state index contributed by atoms with van der Waals surface area (Å²) in [5, 5.41) is 6.82. The largest absolute Gasteiger partial charge is 0.456 e. The van der Waals surface area contributed by atoms with Crippen molar-refractivity contribution in [2.75, 3.05) is 9.80 Å². The van der Waals surface area contributed by atoms with E-state index in [1.807, 2.05) is 0 Å². The predicted octanol–water partition coefficient (Wildman–Crippen LogP) is 24.2. The first-order chi connectivity index (χ1) is 46.7. The van der Waals surface area contributed by atoms with E-state index in [1.165, 1.54) is 77.1 Å². The van der Waals surface area contributed by atoms with E-state index in [1.54, 1.807) is 0 Å². The summed E-state index contributed by atoms with van der Waals surface area (Å²) in [6.45, 7) is 34.9. The normalized spacial score (nSPS) is 13.6. The zero-order chi connectivity index (χ0) is 67.9. The maximum absolute atomic E-state index is 7.04. The number of anilines is 6. The van der Waals surface area contributed by atoms with E-state index in [4.69, 9.17) is 8.83 Å². The van der Waals surface area contributed by atoms with E-state index in [9.17, 15) is 0 Å². The second-order valence-corrected chi connectivity index (χ2v) is 33.1. The van der Waals surface area contributed by atoms with Crippen LogP contribution in [-0.2, 0) is 27.1 Å². The summed E-state index contributed by atoms with van der Waals surface area (Å²) in [5.41, 5.74) is 30.2. The van der Waals surface area contributed by atoms with Gasteiger partial charge in [0, 0.05) is 50.0 Å². The summed E-state index contributed by atoms with van der Waals surface area (Å²) in [6.07, 6.45) is 0. The smallest absolute Gasteiger partial charge is 0.252 e. The van der Waals surface area contributed by atoms with Crippen molar-refractivity contribution in [3.05, 3.63) is 264 Å². The van der Waals surface area contributed by atoms with Crippen LogP contribution >= 0.6 is 0 Å². The second kappa shape index (κ2) is 21.6. The lowest BCUT2D eigenvalue weighted by Gasteiger charge is -2.45. The fourth-order valence-electron chi connectivity index (χ4n) is 15.8. The monoisotopic (exact) mass is 1270 g/mol. The van der Waals surface area contributed by atoms with Gasteiger partial charge in [-0.1, -0.05) is 237 Å². The molecule has 15 aromatic rings.